The molecule has 1 aromatic heterocycles. The van der Waals surface area contributed by atoms with Crippen LogP contribution in [0.1, 0.15) is 15.9 Å². The number of aryl methyl sites for hydroxylation is 1. The molecule has 3 nitrogen and oxygen atoms in total. The lowest BCUT2D eigenvalue weighted by molar-refractivity contribution is 0.104. The lowest BCUT2D eigenvalue weighted by Crippen LogP contribution is -2.04. The minimum atomic E-state index is 0.0170. The number of hydrogen-bond acceptors (Lipinski definition) is 2. The fourth-order valence-electron chi connectivity index (χ4n) is 3.44. The van der Waals surface area contributed by atoms with Crippen LogP contribution in [0.4, 0.5) is 0 Å². The highest BCUT2D eigenvalue weighted by Crippen LogP contribution is 2.34. The van der Waals surface area contributed by atoms with Gasteiger partial charge in [-0.25, -0.2) is 0 Å². The van der Waals surface area contributed by atoms with Gasteiger partial charge in [-0.1, -0.05) is 48.5 Å². The van der Waals surface area contributed by atoms with Crippen molar-refractivity contribution in [2.24, 2.45) is 7.05 Å². The Labute approximate surface area is 152 Å². The smallest absolute Gasteiger partial charge is 0.195 e. The van der Waals surface area contributed by atoms with Crippen molar-refractivity contribution in [2.45, 2.75) is 0 Å². The molecule has 4 aromatic rings. The Balaban J connectivity index is 1.97. The first-order valence-corrected chi connectivity index (χ1v) is 8.52. The van der Waals surface area contributed by atoms with Crippen molar-refractivity contribution >= 4 is 16.7 Å². The van der Waals surface area contributed by atoms with Crippen LogP contribution < -0.4 is 4.74 Å². The van der Waals surface area contributed by atoms with E-state index in [1.807, 2.05) is 85.9 Å². The highest BCUT2D eigenvalue weighted by molar-refractivity contribution is 6.20. The SMILES string of the molecule is COc1ccc(C(=O)c2c(-c3ccccc3)n(C)c3ccccc23)cc1. The zero-order chi connectivity index (χ0) is 18.1. The van der Waals surface area contributed by atoms with E-state index in [0.29, 0.717) is 5.56 Å². The van der Waals surface area contributed by atoms with Crippen LogP contribution >= 0.6 is 0 Å². The van der Waals surface area contributed by atoms with Gasteiger partial charge in [-0.3, -0.25) is 4.79 Å². The maximum Gasteiger partial charge on any atom is 0.195 e. The minimum Gasteiger partial charge on any atom is -0.497 e. The van der Waals surface area contributed by atoms with Crippen LogP contribution in [0.2, 0.25) is 0 Å². The number of carbonyl (C=O) groups excluding carboxylic acids is 1. The second-order valence-corrected chi connectivity index (χ2v) is 6.22. The highest BCUT2D eigenvalue weighted by atomic mass is 16.5. The molecule has 0 saturated carbocycles. The topological polar surface area (TPSA) is 31.2 Å². The molecule has 26 heavy (non-hydrogen) atoms. The van der Waals surface area contributed by atoms with E-state index in [1.165, 1.54) is 0 Å². The van der Waals surface area contributed by atoms with Gasteiger partial charge < -0.3 is 9.30 Å². The van der Waals surface area contributed by atoms with E-state index in [-0.39, 0.29) is 5.78 Å². The van der Waals surface area contributed by atoms with Crippen LogP contribution in [0.15, 0.2) is 78.9 Å². The molecule has 3 aromatic carbocycles. The molecular weight excluding hydrogens is 322 g/mol. The molecule has 0 amide bonds. The first kappa shape index (κ1) is 16.2. The van der Waals surface area contributed by atoms with Gasteiger partial charge in [-0.2, -0.15) is 0 Å². The standard InChI is InChI=1S/C23H19NO2/c1-24-20-11-7-6-10-19(20)21(22(24)16-8-4-3-5-9-16)23(25)17-12-14-18(26-2)15-13-17/h3-15H,1-2H3. The number of carbonyl (C=O) groups is 1. The van der Waals surface area contributed by atoms with Gasteiger partial charge in [0.1, 0.15) is 5.75 Å². The van der Waals surface area contributed by atoms with Crippen LogP contribution in [0.25, 0.3) is 22.2 Å². The normalized spacial score (nSPS) is 10.8. The van der Waals surface area contributed by atoms with Gasteiger partial charge >= 0.3 is 0 Å². The first-order valence-electron chi connectivity index (χ1n) is 8.52. The van der Waals surface area contributed by atoms with Crippen LogP contribution in [-0.4, -0.2) is 17.5 Å². The zero-order valence-corrected chi connectivity index (χ0v) is 14.8. The fraction of sp³-hybridized carbons (Fsp3) is 0.0870. The quantitative estimate of drug-likeness (QED) is 0.484. The maximum absolute atomic E-state index is 13.4. The summed E-state index contributed by atoms with van der Waals surface area (Å²) < 4.78 is 7.31. The summed E-state index contributed by atoms with van der Waals surface area (Å²) in [7, 11) is 3.63. The molecule has 0 aliphatic carbocycles. The van der Waals surface area contributed by atoms with Gasteiger partial charge in [-0.05, 0) is 35.9 Å². The molecule has 1 heterocycles. The summed E-state index contributed by atoms with van der Waals surface area (Å²) in [4.78, 5) is 13.4. The Morgan fingerprint density at radius 1 is 0.846 bits per heavy atom. The second-order valence-electron chi connectivity index (χ2n) is 6.22. The molecule has 4 rings (SSSR count). The van der Waals surface area contributed by atoms with Crippen molar-refractivity contribution in [1.82, 2.24) is 4.57 Å². The number of benzene rings is 3. The Hall–Kier alpha value is -3.33. The Morgan fingerprint density at radius 2 is 1.50 bits per heavy atom. The molecule has 0 bridgehead atoms. The molecule has 0 unspecified atom stereocenters. The van der Waals surface area contributed by atoms with Crippen molar-refractivity contribution in [3.05, 3.63) is 90.0 Å². The van der Waals surface area contributed by atoms with Crippen molar-refractivity contribution in [3.63, 3.8) is 0 Å². The summed E-state index contributed by atoms with van der Waals surface area (Å²) in [6.45, 7) is 0. The third-order valence-electron chi connectivity index (χ3n) is 4.73. The van der Waals surface area contributed by atoms with Crippen molar-refractivity contribution in [3.8, 4) is 17.0 Å². The van der Waals surface area contributed by atoms with Crippen molar-refractivity contribution < 1.29 is 9.53 Å². The third kappa shape index (κ3) is 2.58. The summed E-state index contributed by atoms with van der Waals surface area (Å²) >= 11 is 0. The van der Waals surface area contributed by atoms with E-state index in [4.69, 9.17) is 4.74 Å². The fourth-order valence-corrected chi connectivity index (χ4v) is 3.44. The molecule has 0 aliphatic heterocycles. The number of ketones is 1. The number of nitrogens with zero attached hydrogens (tertiary/aromatic N) is 1. The summed E-state index contributed by atoms with van der Waals surface area (Å²) in [6.07, 6.45) is 0. The molecule has 0 saturated heterocycles. The van der Waals surface area contributed by atoms with E-state index in [2.05, 4.69) is 4.57 Å². The van der Waals surface area contributed by atoms with Gasteiger partial charge in [0.25, 0.3) is 0 Å². The lowest BCUT2D eigenvalue weighted by atomic mass is 9.97. The van der Waals surface area contributed by atoms with Crippen molar-refractivity contribution in [2.75, 3.05) is 7.11 Å². The van der Waals surface area contributed by atoms with E-state index in [1.54, 1.807) is 7.11 Å². The van der Waals surface area contributed by atoms with E-state index in [0.717, 1.165) is 33.5 Å². The predicted octanol–water partition coefficient (Wildman–Crippen LogP) is 5.08. The highest BCUT2D eigenvalue weighted by Gasteiger charge is 2.23. The molecular formula is C23H19NO2. The van der Waals surface area contributed by atoms with Gasteiger partial charge in [-0.15, -0.1) is 0 Å². The van der Waals surface area contributed by atoms with E-state index < -0.39 is 0 Å². The van der Waals surface area contributed by atoms with Gasteiger partial charge in [0.2, 0.25) is 0 Å². The number of fused-ring (bicyclic) bond motifs is 1. The molecule has 128 valence electrons. The minimum absolute atomic E-state index is 0.0170. The number of aromatic nitrogens is 1. The summed E-state index contributed by atoms with van der Waals surface area (Å²) in [5.41, 5.74) is 4.40. The molecule has 0 N–H and O–H groups in total. The van der Waals surface area contributed by atoms with E-state index in [9.17, 15) is 4.79 Å². The van der Waals surface area contributed by atoms with E-state index >= 15 is 0 Å². The van der Waals surface area contributed by atoms with Crippen LogP contribution in [0.5, 0.6) is 5.75 Å². The molecule has 0 atom stereocenters. The number of hydrogen-bond donors (Lipinski definition) is 0. The largest absolute Gasteiger partial charge is 0.497 e. The van der Waals surface area contributed by atoms with Gasteiger partial charge in [0.15, 0.2) is 5.78 Å². The maximum atomic E-state index is 13.4. The molecule has 0 radical (unpaired) electrons. The molecule has 3 heteroatoms. The lowest BCUT2D eigenvalue weighted by Gasteiger charge is -2.08. The van der Waals surface area contributed by atoms with Gasteiger partial charge in [0.05, 0.1) is 18.4 Å². The number of para-hydroxylation sites is 1. The van der Waals surface area contributed by atoms with Crippen molar-refractivity contribution in [1.29, 1.82) is 0 Å². The summed E-state index contributed by atoms with van der Waals surface area (Å²) in [5, 5.41) is 0.967. The zero-order valence-electron chi connectivity index (χ0n) is 14.8. The Kier molecular flexibility index (Phi) is 4.05. The van der Waals surface area contributed by atoms with Crippen LogP contribution in [-0.2, 0) is 7.05 Å². The average Bonchev–Trinajstić information content (AvgIpc) is 3.01. The monoisotopic (exact) mass is 341 g/mol. The second kappa shape index (κ2) is 6.52. The van der Waals surface area contributed by atoms with Crippen LogP contribution in [0.3, 0.4) is 0 Å². The summed E-state index contributed by atoms with van der Waals surface area (Å²) in [5.74, 6) is 0.756. The molecule has 0 spiro atoms. The van der Waals surface area contributed by atoms with Gasteiger partial charge in [0, 0.05) is 23.5 Å². The van der Waals surface area contributed by atoms with Crippen LogP contribution in [0, 0.1) is 0 Å². The summed E-state index contributed by atoms with van der Waals surface area (Å²) in [6, 6.07) is 25.4. The number of ether oxygens (including phenoxy) is 1. The molecule has 0 aliphatic rings. The molecule has 0 fully saturated rings. The third-order valence-corrected chi connectivity index (χ3v) is 4.73. The first-order chi connectivity index (χ1) is 12.7. The number of rotatable bonds is 4. The predicted molar refractivity (Wildman–Crippen MR) is 105 cm³/mol. The number of methoxy groups -OCH3 is 1. The Morgan fingerprint density at radius 3 is 2.19 bits per heavy atom. The Bertz CT molecular complexity index is 1080. The average molecular weight is 341 g/mol.